The van der Waals surface area contributed by atoms with Gasteiger partial charge in [0.2, 0.25) is 0 Å². The van der Waals surface area contributed by atoms with Gasteiger partial charge in [-0.3, -0.25) is 19.8 Å². The van der Waals surface area contributed by atoms with Crippen LogP contribution in [-0.2, 0) is 11.3 Å². The molecule has 3 aromatic heterocycles. The number of aryl methyl sites for hydroxylation is 2. The Morgan fingerprint density at radius 2 is 1.28 bits per heavy atom. The van der Waals surface area contributed by atoms with E-state index >= 15 is 0 Å². The summed E-state index contributed by atoms with van der Waals surface area (Å²) in [5.74, 6) is -0.764. The molecule has 0 aliphatic heterocycles. The number of carbonyl (C=O) groups is 1. The van der Waals surface area contributed by atoms with Crippen molar-refractivity contribution in [2.45, 2.75) is 26.4 Å². The molecule has 2 N–H and O–H groups in total. The number of esters is 1. The molecule has 0 aliphatic rings. The van der Waals surface area contributed by atoms with Gasteiger partial charge in [0.25, 0.3) is 11.1 Å². The third kappa shape index (κ3) is 6.13. The number of H-pyrrole nitrogens is 2. The molecular weight excluding hydrogens is 675 g/mol. The minimum absolute atomic E-state index is 0.0291. The first-order valence-electron chi connectivity index (χ1n) is 15.8. The number of aromatic amines is 2. The maximum Gasteiger partial charge on any atom is 0.340 e. The van der Waals surface area contributed by atoms with Crippen LogP contribution in [0.2, 0.25) is 10.0 Å². The van der Waals surface area contributed by atoms with E-state index in [0.29, 0.717) is 61.6 Å². The summed E-state index contributed by atoms with van der Waals surface area (Å²) >= 11 is 12.7. The lowest BCUT2D eigenvalue weighted by atomic mass is 9.89. The average molecular weight is 706 g/mol. The van der Waals surface area contributed by atoms with Crippen LogP contribution in [0.1, 0.15) is 50.1 Å². The Bertz CT molecular complexity index is 2360. The highest BCUT2D eigenvalue weighted by Gasteiger charge is 2.33. The van der Waals surface area contributed by atoms with Gasteiger partial charge in [0.1, 0.15) is 18.1 Å². The van der Waals surface area contributed by atoms with Gasteiger partial charge in [-0.15, -0.1) is 0 Å². The van der Waals surface area contributed by atoms with Crippen molar-refractivity contribution in [3.63, 3.8) is 0 Å². The largest absolute Gasteiger partial charge is 0.460 e. The van der Waals surface area contributed by atoms with Crippen LogP contribution in [-0.4, -0.2) is 25.5 Å². The average Bonchev–Trinajstić information content (AvgIpc) is 3.82. The predicted molar refractivity (Wildman–Crippen MR) is 193 cm³/mol. The number of benzene rings is 4. The molecule has 0 fully saturated rings. The maximum absolute atomic E-state index is 14.2. The molecule has 4 aromatic carbocycles. The van der Waals surface area contributed by atoms with Gasteiger partial charge in [0, 0.05) is 27.5 Å². The number of furan rings is 1. The molecule has 0 radical (unpaired) electrons. The second-order valence-corrected chi connectivity index (χ2v) is 12.6. The normalized spacial score (nSPS) is 11.3. The molecule has 0 spiro atoms. The Morgan fingerprint density at radius 1 is 0.720 bits per heavy atom. The topological polar surface area (TPSA) is 115 Å². The monoisotopic (exact) mass is 704 g/mol. The molecule has 0 unspecified atom stereocenters. The molecule has 0 saturated heterocycles. The van der Waals surface area contributed by atoms with Crippen LogP contribution < -0.4 is 11.1 Å². The van der Waals surface area contributed by atoms with E-state index in [1.54, 1.807) is 62.4 Å². The third-order valence-electron chi connectivity index (χ3n) is 8.54. The van der Waals surface area contributed by atoms with Crippen molar-refractivity contribution in [2.24, 2.45) is 0 Å². The minimum atomic E-state index is -0.890. The van der Waals surface area contributed by atoms with Crippen LogP contribution in [0.5, 0.6) is 0 Å². The number of nitrogens with zero attached hydrogens (tertiary/aromatic N) is 2. The van der Waals surface area contributed by atoms with Crippen molar-refractivity contribution in [2.75, 3.05) is 0 Å². The predicted octanol–water partition coefficient (Wildman–Crippen LogP) is 8.37. The van der Waals surface area contributed by atoms with Crippen molar-refractivity contribution in [1.82, 2.24) is 19.6 Å². The zero-order valence-corrected chi connectivity index (χ0v) is 28.5. The molecular formula is C39H30Cl2N4O5. The Labute approximate surface area is 296 Å². The molecule has 0 aliphatic carbocycles. The highest BCUT2D eigenvalue weighted by molar-refractivity contribution is 6.33. The smallest absolute Gasteiger partial charge is 0.340 e. The summed E-state index contributed by atoms with van der Waals surface area (Å²) < 4.78 is 14.9. The summed E-state index contributed by atoms with van der Waals surface area (Å²) in [6, 6.07) is 33.9. The van der Waals surface area contributed by atoms with Crippen molar-refractivity contribution in [3.8, 4) is 22.7 Å². The number of halogens is 2. The Kier molecular flexibility index (Phi) is 8.93. The quantitative estimate of drug-likeness (QED) is 0.147. The number of aromatic nitrogens is 4. The van der Waals surface area contributed by atoms with Crippen LogP contribution in [0.25, 0.3) is 22.7 Å². The van der Waals surface area contributed by atoms with Gasteiger partial charge >= 0.3 is 5.97 Å². The standard InChI is InChI=1S/C39H30Cl2N4O5/c1-23-34(37(46)44(42-23)27-12-5-3-6-13-27)36(35-24(2)43-45(38(35)47)28-14-7-4-8-15-28)33-20-19-32(50-33)25-17-18-31(41)29(21-25)39(48)49-22-26-11-9-10-16-30(26)40/h3-21,36,42-43H,22H2,1-2H3. The Morgan fingerprint density at radius 3 is 1.86 bits per heavy atom. The first-order valence-corrected chi connectivity index (χ1v) is 16.5. The molecule has 50 heavy (non-hydrogen) atoms. The number of hydrogen-bond acceptors (Lipinski definition) is 5. The van der Waals surface area contributed by atoms with Crippen molar-refractivity contribution in [3.05, 3.63) is 185 Å². The number of hydrogen-bond donors (Lipinski definition) is 2. The van der Waals surface area contributed by atoms with Crippen LogP contribution in [0.4, 0.5) is 0 Å². The van der Waals surface area contributed by atoms with Crippen LogP contribution in [0.3, 0.4) is 0 Å². The van der Waals surface area contributed by atoms with Gasteiger partial charge in [0.05, 0.1) is 39.0 Å². The Balaban J connectivity index is 1.31. The summed E-state index contributed by atoms with van der Waals surface area (Å²) in [7, 11) is 0. The molecule has 3 heterocycles. The summed E-state index contributed by atoms with van der Waals surface area (Å²) in [6.07, 6.45) is 0. The van der Waals surface area contributed by atoms with E-state index in [4.69, 9.17) is 32.4 Å². The van der Waals surface area contributed by atoms with Crippen molar-refractivity contribution in [1.29, 1.82) is 0 Å². The highest BCUT2D eigenvalue weighted by atomic mass is 35.5. The number of rotatable bonds is 9. The molecule has 0 atom stereocenters. The molecule has 0 amide bonds. The lowest BCUT2D eigenvalue weighted by Gasteiger charge is -2.13. The molecule has 7 rings (SSSR count). The zero-order valence-electron chi connectivity index (χ0n) is 26.9. The fourth-order valence-corrected chi connectivity index (χ4v) is 6.47. The molecule has 9 nitrogen and oxygen atoms in total. The fraction of sp³-hybridized carbons (Fsp3) is 0.103. The summed E-state index contributed by atoms with van der Waals surface area (Å²) in [6.45, 7) is 3.56. The van der Waals surface area contributed by atoms with Crippen LogP contribution in [0.15, 0.2) is 129 Å². The molecule has 0 bridgehead atoms. The number of para-hydroxylation sites is 2. The number of carbonyl (C=O) groups excluding carboxylic acids is 1. The fourth-order valence-electron chi connectivity index (χ4n) is 6.08. The molecule has 0 saturated carbocycles. The number of ether oxygens (including phenoxy) is 1. The van der Waals surface area contributed by atoms with Gasteiger partial charge in [-0.05, 0) is 74.5 Å². The van der Waals surface area contributed by atoms with E-state index in [9.17, 15) is 14.4 Å². The SMILES string of the molecule is Cc1[nH]n(-c2ccccc2)c(=O)c1C(c1ccc(-c2ccc(Cl)c(C(=O)OCc3ccccc3Cl)c2)o1)c1c(C)[nH]n(-c2ccccc2)c1=O. The van der Waals surface area contributed by atoms with Gasteiger partial charge < -0.3 is 9.15 Å². The van der Waals surface area contributed by atoms with E-state index in [2.05, 4.69) is 10.2 Å². The second kappa shape index (κ2) is 13.6. The highest BCUT2D eigenvalue weighted by Crippen LogP contribution is 2.36. The molecule has 250 valence electrons. The maximum atomic E-state index is 14.2. The van der Waals surface area contributed by atoms with E-state index in [-0.39, 0.29) is 28.3 Å². The van der Waals surface area contributed by atoms with Crippen LogP contribution >= 0.6 is 23.2 Å². The van der Waals surface area contributed by atoms with Gasteiger partial charge in [-0.2, -0.15) is 0 Å². The third-order valence-corrected chi connectivity index (χ3v) is 9.24. The first-order chi connectivity index (χ1) is 24.2. The van der Waals surface area contributed by atoms with Crippen LogP contribution in [0, 0.1) is 13.8 Å². The van der Waals surface area contributed by atoms with E-state index in [0.717, 1.165) is 0 Å². The van der Waals surface area contributed by atoms with E-state index in [1.165, 1.54) is 9.36 Å². The van der Waals surface area contributed by atoms with Crippen molar-refractivity contribution >= 4 is 29.2 Å². The molecule has 7 aromatic rings. The summed E-state index contributed by atoms with van der Waals surface area (Å²) in [5.41, 5.74) is 3.86. The van der Waals surface area contributed by atoms with Gasteiger partial charge in [-0.25, -0.2) is 14.2 Å². The van der Waals surface area contributed by atoms with E-state index < -0.39 is 11.9 Å². The second-order valence-electron chi connectivity index (χ2n) is 11.8. The number of nitrogens with one attached hydrogen (secondary N) is 2. The minimum Gasteiger partial charge on any atom is -0.460 e. The lowest BCUT2D eigenvalue weighted by molar-refractivity contribution is 0.0473. The van der Waals surface area contributed by atoms with Crippen molar-refractivity contribution < 1.29 is 13.9 Å². The first kappa shape index (κ1) is 32.8. The lowest BCUT2D eigenvalue weighted by Crippen LogP contribution is -2.25. The zero-order chi connectivity index (χ0) is 34.9. The summed E-state index contributed by atoms with van der Waals surface area (Å²) in [4.78, 5) is 41.5. The van der Waals surface area contributed by atoms with Gasteiger partial charge in [-0.1, -0.05) is 77.8 Å². The van der Waals surface area contributed by atoms with E-state index in [1.807, 2.05) is 66.7 Å². The van der Waals surface area contributed by atoms with Gasteiger partial charge in [0.15, 0.2) is 0 Å². The summed E-state index contributed by atoms with van der Waals surface area (Å²) in [5, 5.41) is 7.07. The Hall–Kier alpha value is -5.77. The molecule has 11 heteroatoms.